The van der Waals surface area contributed by atoms with E-state index in [1.807, 2.05) is 13.8 Å². The quantitative estimate of drug-likeness (QED) is 0.876. The third-order valence-corrected chi connectivity index (χ3v) is 4.10. The number of hydrogen-bond donors (Lipinski definition) is 1. The first-order valence-electron chi connectivity index (χ1n) is 5.26. The van der Waals surface area contributed by atoms with Crippen molar-refractivity contribution in [1.29, 1.82) is 5.26 Å². The van der Waals surface area contributed by atoms with Crippen molar-refractivity contribution in [2.24, 2.45) is 5.92 Å². The number of nitrogens with zero attached hydrogens (tertiary/aromatic N) is 2. The zero-order chi connectivity index (χ0) is 13.1. The van der Waals surface area contributed by atoms with Crippen LogP contribution in [-0.2, 0) is 10.0 Å². The number of pyridine rings is 1. The summed E-state index contributed by atoms with van der Waals surface area (Å²) in [5, 5.41) is 8.82. The van der Waals surface area contributed by atoms with Crippen molar-refractivity contribution in [3.8, 4) is 6.07 Å². The second-order valence-corrected chi connectivity index (χ2v) is 5.80. The lowest BCUT2D eigenvalue weighted by Crippen LogP contribution is -2.36. The Labute approximate surface area is 102 Å². The molecule has 1 heterocycles. The molecule has 1 aromatic rings. The van der Waals surface area contributed by atoms with Crippen molar-refractivity contribution in [2.45, 2.75) is 31.7 Å². The van der Waals surface area contributed by atoms with Crippen LogP contribution in [0.15, 0.2) is 23.2 Å². The molecule has 6 heteroatoms. The first-order chi connectivity index (χ1) is 7.88. The number of sulfonamides is 1. The Kier molecular flexibility index (Phi) is 4.21. The number of aromatic nitrogens is 1. The average molecular weight is 253 g/mol. The lowest BCUT2D eigenvalue weighted by atomic mass is 10.1. The molecule has 0 saturated carbocycles. The minimum atomic E-state index is -3.68. The third kappa shape index (κ3) is 3.25. The Hall–Kier alpha value is -1.45. The maximum absolute atomic E-state index is 12.0. The van der Waals surface area contributed by atoms with Crippen LogP contribution >= 0.6 is 0 Å². The standard InChI is InChI=1S/C11H15N3O2S/c1-8(2)9(3)14-17(15,16)11-5-4-6-13-10(11)7-12/h4-6,8-9,14H,1-3H3. The molecule has 0 amide bonds. The van der Waals surface area contributed by atoms with Crippen LogP contribution in [0.4, 0.5) is 0 Å². The van der Waals surface area contributed by atoms with Gasteiger partial charge in [0.15, 0.2) is 5.69 Å². The van der Waals surface area contributed by atoms with Gasteiger partial charge < -0.3 is 0 Å². The fourth-order valence-electron chi connectivity index (χ4n) is 1.14. The van der Waals surface area contributed by atoms with Gasteiger partial charge in [-0.25, -0.2) is 18.1 Å². The number of nitrogens with one attached hydrogen (secondary N) is 1. The van der Waals surface area contributed by atoms with Crippen molar-refractivity contribution >= 4 is 10.0 Å². The van der Waals surface area contributed by atoms with E-state index in [4.69, 9.17) is 5.26 Å². The minimum Gasteiger partial charge on any atom is -0.244 e. The molecule has 0 fully saturated rings. The van der Waals surface area contributed by atoms with Gasteiger partial charge in [0.1, 0.15) is 11.0 Å². The smallest absolute Gasteiger partial charge is 0.243 e. The first kappa shape index (κ1) is 13.6. The van der Waals surface area contributed by atoms with Crippen molar-refractivity contribution in [3.05, 3.63) is 24.0 Å². The summed E-state index contributed by atoms with van der Waals surface area (Å²) in [6.07, 6.45) is 1.39. The molecule has 0 aliphatic heterocycles. The molecule has 0 radical (unpaired) electrons. The average Bonchev–Trinajstić information content (AvgIpc) is 2.28. The SMILES string of the molecule is CC(C)C(C)NS(=O)(=O)c1cccnc1C#N. The second-order valence-electron chi connectivity index (χ2n) is 4.12. The largest absolute Gasteiger partial charge is 0.244 e. The molecule has 0 saturated heterocycles. The normalized spacial score (nSPS) is 13.4. The van der Waals surface area contributed by atoms with Gasteiger partial charge >= 0.3 is 0 Å². The molecule has 0 aromatic carbocycles. The Morgan fingerprint density at radius 1 is 1.41 bits per heavy atom. The highest BCUT2D eigenvalue weighted by Crippen LogP contribution is 2.13. The maximum atomic E-state index is 12.0. The first-order valence-corrected chi connectivity index (χ1v) is 6.74. The fourth-order valence-corrected chi connectivity index (χ4v) is 2.63. The number of hydrogen-bond acceptors (Lipinski definition) is 4. The number of rotatable bonds is 4. The Morgan fingerprint density at radius 2 is 2.06 bits per heavy atom. The molecule has 0 bridgehead atoms. The molecular formula is C11H15N3O2S. The molecule has 1 rings (SSSR count). The lowest BCUT2D eigenvalue weighted by molar-refractivity contribution is 0.476. The monoisotopic (exact) mass is 253 g/mol. The van der Waals surface area contributed by atoms with Crippen LogP contribution in [-0.4, -0.2) is 19.4 Å². The van der Waals surface area contributed by atoms with Crippen LogP contribution in [0.25, 0.3) is 0 Å². The second kappa shape index (κ2) is 5.25. The van der Waals surface area contributed by atoms with Gasteiger partial charge in [0.05, 0.1) is 0 Å². The lowest BCUT2D eigenvalue weighted by Gasteiger charge is -2.17. The van der Waals surface area contributed by atoms with Gasteiger partial charge in [-0.05, 0) is 25.0 Å². The molecule has 17 heavy (non-hydrogen) atoms. The Bertz CT molecular complexity index is 532. The Balaban J connectivity index is 3.11. The predicted molar refractivity (Wildman–Crippen MR) is 63.6 cm³/mol. The van der Waals surface area contributed by atoms with Crippen molar-refractivity contribution < 1.29 is 8.42 Å². The zero-order valence-corrected chi connectivity index (χ0v) is 10.8. The van der Waals surface area contributed by atoms with Crippen LogP contribution in [0.3, 0.4) is 0 Å². The zero-order valence-electron chi connectivity index (χ0n) is 10.0. The topological polar surface area (TPSA) is 82.8 Å². The van der Waals surface area contributed by atoms with Crippen molar-refractivity contribution in [2.75, 3.05) is 0 Å². The maximum Gasteiger partial charge on any atom is 0.243 e. The highest BCUT2D eigenvalue weighted by molar-refractivity contribution is 7.89. The highest BCUT2D eigenvalue weighted by atomic mass is 32.2. The van der Waals surface area contributed by atoms with Gasteiger partial charge in [0.25, 0.3) is 0 Å². The highest BCUT2D eigenvalue weighted by Gasteiger charge is 2.22. The van der Waals surface area contributed by atoms with Gasteiger partial charge in [0.2, 0.25) is 10.0 Å². The molecule has 0 aliphatic rings. The summed E-state index contributed by atoms with van der Waals surface area (Å²) in [5.41, 5.74) is -0.0871. The van der Waals surface area contributed by atoms with Gasteiger partial charge in [0, 0.05) is 12.2 Å². The van der Waals surface area contributed by atoms with E-state index in [9.17, 15) is 8.42 Å². The molecule has 0 aliphatic carbocycles. The third-order valence-electron chi connectivity index (χ3n) is 2.51. The van der Waals surface area contributed by atoms with E-state index in [2.05, 4.69) is 9.71 Å². The van der Waals surface area contributed by atoms with Crippen LogP contribution in [0.5, 0.6) is 0 Å². The molecule has 92 valence electrons. The fraction of sp³-hybridized carbons (Fsp3) is 0.455. The predicted octanol–water partition coefficient (Wildman–Crippen LogP) is 1.28. The summed E-state index contributed by atoms with van der Waals surface area (Å²) >= 11 is 0. The van der Waals surface area contributed by atoms with E-state index < -0.39 is 10.0 Å². The molecule has 0 spiro atoms. The molecular weight excluding hydrogens is 238 g/mol. The number of nitriles is 1. The molecule has 5 nitrogen and oxygen atoms in total. The Morgan fingerprint density at radius 3 is 2.59 bits per heavy atom. The summed E-state index contributed by atoms with van der Waals surface area (Å²) in [6, 6.07) is 4.44. The van der Waals surface area contributed by atoms with Crippen LogP contribution < -0.4 is 4.72 Å². The van der Waals surface area contributed by atoms with Crippen LogP contribution in [0, 0.1) is 17.2 Å². The van der Waals surface area contributed by atoms with E-state index in [0.717, 1.165) is 0 Å². The van der Waals surface area contributed by atoms with E-state index >= 15 is 0 Å². The molecule has 1 aromatic heterocycles. The van der Waals surface area contributed by atoms with Crippen molar-refractivity contribution in [1.82, 2.24) is 9.71 Å². The van der Waals surface area contributed by atoms with E-state index in [1.54, 1.807) is 13.0 Å². The minimum absolute atomic E-state index is 0.0741. The van der Waals surface area contributed by atoms with E-state index in [1.165, 1.54) is 18.3 Å². The molecule has 1 N–H and O–H groups in total. The van der Waals surface area contributed by atoms with Crippen molar-refractivity contribution in [3.63, 3.8) is 0 Å². The van der Waals surface area contributed by atoms with Gasteiger partial charge in [-0.15, -0.1) is 0 Å². The summed E-state index contributed by atoms with van der Waals surface area (Å²) in [6.45, 7) is 5.62. The van der Waals surface area contributed by atoms with Gasteiger partial charge in [-0.3, -0.25) is 0 Å². The van der Waals surface area contributed by atoms with Crippen LogP contribution in [0.2, 0.25) is 0 Å². The van der Waals surface area contributed by atoms with Gasteiger partial charge in [-0.1, -0.05) is 13.8 Å². The molecule has 1 unspecified atom stereocenters. The van der Waals surface area contributed by atoms with Crippen LogP contribution in [0.1, 0.15) is 26.5 Å². The van der Waals surface area contributed by atoms with E-state index in [-0.39, 0.29) is 22.5 Å². The molecule has 1 atom stereocenters. The summed E-state index contributed by atoms with van der Waals surface area (Å²) in [7, 11) is -3.68. The summed E-state index contributed by atoms with van der Waals surface area (Å²) in [4.78, 5) is 3.66. The van der Waals surface area contributed by atoms with E-state index in [0.29, 0.717) is 0 Å². The summed E-state index contributed by atoms with van der Waals surface area (Å²) in [5.74, 6) is 0.173. The summed E-state index contributed by atoms with van der Waals surface area (Å²) < 4.78 is 26.6. The van der Waals surface area contributed by atoms with Gasteiger partial charge in [-0.2, -0.15) is 5.26 Å².